The lowest BCUT2D eigenvalue weighted by Crippen LogP contribution is -2.55. The van der Waals surface area contributed by atoms with Gasteiger partial charge in [-0.1, -0.05) is 24.3 Å². The molecule has 0 aromatic heterocycles. The third kappa shape index (κ3) is 4.10. The van der Waals surface area contributed by atoms with Gasteiger partial charge in [-0.3, -0.25) is 0 Å². The summed E-state index contributed by atoms with van der Waals surface area (Å²) in [5.41, 5.74) is 11.8. The fourth-order valence-electron chi connectivity index (χ4n) is 4.27. The lowest BCUT2D eigenvalue weighted by atomic mass is 10.0. The van der Waals surface area contributed by atoms with E-state index in [9.17, 15) is 16.8 Å². The maximum atomic E-state index is 13.3. The van der Waals surface area contributed by atoms with Crippen LogP contribution >= 0.6 is 0 Å². The zero-order valence-electron chi connectivity index (χ0n) is 17.7. The Hall–Kier alpha value is -1.86. The molecule has 4 rings (SSSR count). The normalized spacial score (nSPS) is 20.1. The number of benzene rings is 2. The van der Waals surface area contributed by atoms with Gasteiger partial charge >= 0.3 is 0 Å². The fraction of sp³-hybridized carbons (Fsp3) is 0.429. The summed E-state index contributed by atoms with van der Waals surface area (Å²) in [6.07, 6.45) is 0.514. The Labute approximate surface area is 189 Å². The molecule has 174 valence electrons. The monoisotopic (exact) mass is 480 g/mol. The molecule has 0 aliphatic carbocycles. The number of sulfonamides is 2. The van der Waals surface area contributed by atoms with Crippen molar-refractivity contribution in [3.8, 4) is 0 Å². The van der Waals surface area contributed by atoms with Crippen LogP contribution in [-0.4, -0.2) is 57.4 Å². The summed E-state index contributed by atoms with van der Waals surface area (Å²) < 4.78 is 61.5. The number of hydrogen-bond donors (Lipinski definition) is 2. The Bertz CT molecular complexity index is 1160. The molecule has 11 heteroatoms. The van der Waals surface area contributed by atoms with Gasteiger partial charge in [0.1, 0.15) is 5.72 Å². The van der Waals surface area contributed by atoms with Crippen molar-refractivity contribution in [1.29, 1.82) is 0 Å². The van der Waals surface area contributed by atoms with Gasteiger partial charge in [0.2, 0.25) is 20.0 Å². The Balaban J connectivity index is 1.53. The Morgan fingerprint density at radius 1 is 0.750 bits per heavy atom. The Morgan fingerprint density at radius 2 is 1.22 bits per heavy atom. The van der Waals surface area contributed by atoms with E-state index in [0.717, 1.165) is 11.1 Å². The topological polar surface area (TPSA) is 136 Å². The van der Waals surface area contributed by atoms with Crippen LogP contribution in [0.3, 0.4) is 0 Å². The first-order chi connectivity index (χ1) is 15.2. The standard InChI is InChI=1S/C21H28N4O5S2/c22-15-17-1-5-19(6-2-17)31(26,27)24-11-9-21(10-12-24)25(13-14-30-21)32(28,29)20-7-3-18(16-23)4-8-20/h1-8H,9-16,22-23H2. The van der Waals surface area contributed by atoms with Crippen LogP contribution in [0.25, 0.3) is 0 Å². The summed E-state index contributed by atoms with van der Waals surface area (Å²) in [6.45, 7) is 1.50. The fourth-order valence-corrected chi connectivity index (χ4v) is 7.44. The van der Waals surface area contributed by atoms with Crippen LogP contribution in [0.1, 0.15) is 24.0 Å². The molecule has 0 amide bonds. The predicted molar refractivity (Wildman–Crippen MR) is 119 cm³/mol. The zero-order valence-corrected chi connectivity index (χ0v) is 19.3. The Morgan fingerprint density at radius 3 is 1.69 bits per heavy atom. The highest BCUT2D eigenvalue weighted by Crippen LogP contribution is 2.39. The van der Waals surface area contributed by atoms with Crippen molar-refractivity contribution in [3.63, 3.8) is 0 Å². The molecular weight excluding hydrogens is 452 g/mol. The minimum Gasteiger partial charge on any atom is -0.358 e. The summed E-state index contributed by atoms with van der Waals surface area (Å²) in [5.74, 6) is 0. The molecule has 2 aromatic carbocycles. The Kier molecular flexibility index (Phi) is 6.43. The minimum atomic E-state index is -3.80. The summed E-state index contributed by atoms with van der Waals surface area (Å²) in [7, 11) is -7.49. The quantitative estimate of drug-likeness (QED) is 0.624. The lowest BCUT2D eigenvalue weighted by molar-refractivity contribution is -0.0806. The van der Waals surface area contributed by atoms with E-state index in [0.29, 0.717) is 13.1 Å². The molecule has 0 radical (unpaired) electrons. The molecule has 32 heavy (non-hydrogen) atoms. The van der Waals surface area contributed by atoms with Crippen LogP contribution < -0.4 is 11.5 Å². The molecule has 2 aliphatic heterocycles. The number of rotatable bonds is 6. The van der Waals surface area contributed by atoms with Crippen LogP contribution in [0.15, 0.2) is 58.3 Å². The molecule has 2 aromatic rings. The van der Waals surface area contributed by atoms with Crippen molar-refractivity contribution in [1.82, 2.24) is 8.61 Å². The van der Waals surface area contributed by atoms with Gasteiger partial charge in [0.05, 0.1) is 16.4 Å². The first-order valence-corrected chi connectivity index (χ1v) is 13.4. The minimum absolute atomic E-state index is 0.166. The molecule has 9 nitrogen and oxygen atoms in total. The van der Waals surface area contributed by atoms with E-state index < -0.39 is 25.8 Å². The van der Waals surface area contributed by atoms with Crippen LogP contribution in [0.5, 0.6) is 0 Å². The van der Waals surface area contributed by atoms with Gasteiger partial charge in [0.15, 0.2) is 0 Å². The summed E-state index contributed by atoms with van der Waals surface area (Å²) >= 11 is 0. The zero-order chi connectivity index (χ0) is 23.0. The van der Waals surface area contributed by atoms with E-state index in [1.54, 1.807) is 48.5 Å². The number of nitrogens with zero attached hydrogens (tertiary/aromatic N) is 2. The number of piperidine rings is 1. The highest BCUT2D eigenvalue weighted by Gasteiger charge is 2.51. The van der Waals surface area contributed by atoms with E-state index in [1.165, 1.54) is 8.61 Å². The molecule has 1 spiro atoms. The molecule has 0 atom stereocenters. The smallest absolute Gasteiger partial charge is 0.245 e. The first-order valence-electron chi connectivity index (χ1n) is 10.5. The van der Waals surface area contributed by atoms with Gasteiger partial charge < -0.3 is 16.2 Å². The van der Waals surface area contributed by atoms with Gasteiger partial charge in [0.25, 0.3) is 0 Å². The number of nitrogens with two attached hydrogens (primary N) is 2. The maximum absolute atomic E-state index is 13.3. The lowest BCUT2D eigenvalue weighted by Gasteiger charge is -2.42. The molecular formula is C21H28N4O5S2. The van der Waals surface area contributed by atoms with E-state index in [2.05, 4.69) is 0 Å². The predicted octanol–water partition coefficient (Wildman–Crippen LogP) is 0.806. The molecule has 0 unspecified atom stereocenters. The highest BCUT2D eigenvalue weighted by molar-refractivity contribution is 7.89. The van der Waals surface area contributed by atoms with E-state index >= 15 is 0 Å². The van der Waals surface area contributed by atoms with Gasteiger partial charge in [-0.25, -0.2) is 16.8 Å². The highest BCUT2D eigenvalue weighted by atomic mass is 32.2. The van der Waals surface area contributed by atoms with Crippen molar-refractivity contribution in [2.75, 3.05) is 26.2 Å². The van der Waals surface area contributed by atoms with Crippen molar-refractivity contribution in [2.24, 2.45) is 11.5 Å². The molecule has 2 fully saturated rings. The van der Waals surface area contributed by atoms with Crippen LogP contribution in [0.4, 0.5) is 0 Å². The van der Waals surface area contributed by atoms with Crippen LogP contribution in [0, 0.1) is 0 Å². The molecule has 0 bridgehead atoms. The summed E-state index contributed by atoms with van der Waals surface area (Å²) in [4.78, 5) is 0.372. The average molecular weight is 481 g/mol. The largest absolute Gasteiger partial charge is 0.358 e. The maximum Gasteiger partial charge on any atom is 0.245 e. The molecule has 4 N–H and O–H groups in total. The van der Waals surface area contributed by atoms with Crippen LogP contribution in [0.2, 0.25) is 0 Å². The third-order valence-corrected chi connectivity index (χ3v) is 10.0. The summed E-state index contributed by atoms with van der Waals surface area (Å²) in [6, 6.07) is 13.0. The number of hydrogen-bond acceptors (Lipinski definition) is 7. The summed E-state index contributed by atoms with van der Waals surface area (Å²) in [5, 5.41) is 0. The molecule has 0 saturated carbocycles. The van der Waals surface area contributed by atoms with Crippen molar-refractivity contribution < 1.29 is 21.6 Å². The molecule has 2 aliphatic rings. The van der Waals surface area contributed by atoms with Crippen molar-refractivity contribution in [3.05, 3.63) is 59.7 Å². The molecule has 2 saturated heterocycles. The van der Waals surface area contributed by atoms with Gasteiger partial charge in [-0.2, -0.15) is 8.61 Å². The number of ether oxygens (including phenoxy) is 1. The van der Waals surface area contributed by atoms with Crippen molar-refractivity contribution in [2.45, 2.75) is 41.4 Å². The van der Waals surface area contributed by atoms with E-state index in [4.69, 9.17) is 16.2 Å². The van der Waals surface area contributed by atoms with Gasteiger partial charge in [-0.15, -0.1) is 0 Å². The van der Waals surface area contributed by atoms with Crippen molar-refractivity contribution >= 4 is 20.0 Å². The second-order valence-electron chi connectivity index (χ2n) is 7.97. The van der Waals surface area contributed by atoms with Gasteiger partial charge in [-0.05, 0) is 35.4 Å². The van der Waals surface area contributed by atoms with E-state index in [-0.39, 0.29) is 48.9 Å². The second-order valence-corrected chi connectivity index (χ2v) is 11.8. The third-order valence-electron chi connectivity index (χ3n) is 6.17. The van der Waals surface area contributed by atoms with Crippen LogP contribution in [-0.2, 0) is 37.9 Å². The SMILES string of the molecule is NCc1ccc(S(=O)(=O)N2CCC3(CC2)OCCN3S(=O)(=O)c2ccc(CN)cc2)cc1. The molecule has 2 heterocycles. The average Bonchev–Trinajstić information content (AvgIpc) is 3.23. The van der Waals surface area contributed by atoms with Gasteiger partial charge in [0, 0.05) is 45.6 Å². The second kappa shape index (κ2) is 8.82. The first kappa shape index (κ1) is 23.3. The van der Waals surface area contributed by atoms with E-state index in [1.807, 2.05) is 0 Å².